The Morgan fingerprint density at radius 2 is 2.45 bits per heavy atom. The highest BCUT2D eigenvalue weighted by atomic mass is 79.9. The van der Waals surface area contributed by atoms with E-state index >= 15 is 0 Å². The molecule has 3 rings (SSSR count). The minimum absolute atomic E-state index is 0.0761. The van der Waals surface area contributed by atoms with Crippen LogP contribution in [0, 0.1) is 5.92 Å². The summed E-state index contributed by atoms with van der Waals surface area (Å²) < 4.78 is 8.54. The van der Waals surface area contributed by atoms with Crippen molar-refractivity contribution in [1.29, 1.82) is 0 Å². The predicted octanol–water partition coefficient (Wildman–Crippen LogP) is 2.65. The van der Waals surface area contributed by atoms with Gasteiger partial charge >= 0.3 is 0 Å². The van der Waals surface area contributed by atoms with Crippen LogP contribution in [0.2, 0.25) is 5.02 Å². The Labute approximate surface area is 129 Å². The maximum atomic E-state index is 11.3. The molecule has 1 aliphatic heterocycles. The Bertz CT molecular complexity index is 673. The first-order valence-corrected chi connectivity index (χ1v) is 7.47. The number of halogens is 2. The van der Waals surface area contributed by atoms with Gasteiger partial charge in [0.25, 0.3) is 0 Å². The first kappa shape index (κ1) is 13.7. The van der Waals surface area contributed by atoms with Gasteiger partial charge in [-0.05, 0) is 28.9 Å². The second kappa shape index (κ2) is 5.26. The second-order valence-corrected chi connectivity index (χ2v) is 6.22. The summed E-state index contributed by atoms with van der Waals surface area (Å²) in [6, 6.07) is 1.86. The van der Waals surface area contributed by atoms with Gasteiger partial charge in [-0.1, -0.05) is 11.6 Å². The summed E-state index contributed by atoms with van der Waals surface area (Å²) in [6.45, 7) is 2.61. The van der Waals surface area contributed by atoms with Crippen LogP contribution in [0.4, 0.5) is 0 Å². The van der Waals surface area contributed by atoms with E-state index in [1.54, 1.807) is 10.7 Å². The third-order valence-corrected chi connectivity index (χ3v) is 4.19. The average Bonchev–Trinajstić information content (AvgIpc) is 2.96. The zero-order valence-electron chi connectivity index (χ0n) is 10.8. The van der Waals surface area contributed by atoms with Gasteiger partial charge in [0, 0.05) is 29.6 Å². The number of carbonyl (C=O) groups is 1. The zero-order chi connectivity index (χ0) is 14.3. The lowest BCUT2D eigenvalue weighted by atomic mass is 10.0. The Hall–Kier alpha value is -1.27. The highest BCUT2D eigenvalue weighted by Gasteiger charge is 2.28. The number of pyridine rings is 1. The lowest BCUT2D eigenvalue weighted by Gasteiger charge is -2.20. The van der Waals surface area contributed by atoms with E-state index in [4.69, 9.17) is 16.3 Å². The van der Waals surface area contributed by atoms with Crippen LogP contribution in [0.1, 0.15) is 13.3 Å². The SMILES string of the molecule is C[C@@H](Oc1cc(Br)cn2ncc(Cl)c12)C1CNC(=O)C1. The first-order valence-electron chi connectivity index (χ1n) is 6.30. The molecule has 2 aromatic heterocycles. The Morgan fingerprint density at radius 1 is 1.65 bits per heavy atom. The van der Waals surface area contributed by atoms with Crippen LogP contribution in [0.5, 0.6) is 5.75 Å². The molecule has 3 heterocycles. The van der Waals surface area contributed by atoms with Gasteiger partial charge in [0.05, 0.1) is 11.2 Å². The fraction of sp³-hybridized carbons (Fsp3) is 0.385. The summed E-state index contributed by atoms with van der Waals surface area (Å²) >= 11 is 9.58. The lowest BCUT2D eigenvalue weighted by Crippen LogP contribution is -2.25. The van der Waals surface area contributed by atoms with Crippen molar-refractivity contribution in [3.63, 3.8) is 0 Å². The number of aromatic nitrogens is 2. The molecule has 0 spiro atoms. The monoisotopic (exact) mass is 357 g/mol. The van der Waals surface area contributed by atoms with Crippen molar-refractivity contribution >= 4 is 39.0 Å². The van der Waals surface area contributed by atoms with Gasteiger partial charge in [-0.15, -0.1) is 0 Å². The topological polar surface area (TPSA) is 55.6 Å². The standard InChI is InChI=1S/C13H13BrClN3O2/c1-7(8-2-12(19)16-4-8)20-11-3-9(14)6-18-13(11)10(15)5-17-18/h3,5-8H,2,4H2,1H3,(H,16,19)/t7-,8?/m1/s1. The summed E-state index contributed by atoms with van der Waals surface area (Å²) in [5, 5.41) is 7.53. The van der Waals surface area contributed by atoms with E-state index in [0.29, 0.717) is 23.7 Å². The van der Waals surface area contributed by atoms with Crippen LogP contribution >= 0.6 is 27.5 Å². The fourth-order valence-corrected chi connectivity index (χ4v) is 2.99. The van der Waals surface area contributed by atoms with E-state index in [-0.39, 0.29) is 17.9 Å². The minimum Gasteiger partial charge on any atom is -0.488 e. The number of nitrogens with zero attached hydrogens (tertiary/aromatic N) is 2. The van der Waals surface area contributed by atoms with E-state index in [2.05, 4.69) is 26.3 Å². The molecule has 1 aliphatic rings. The summed E-state index contributed by atoms with van der Waals surface area (Å²) in [6.07, 6.45) is 3.82. The molecule has 106 valence electrons. The smallest absolute Gasteiger partial charge is 0.220 e. The van der Waals surface area contributed by atoms with Gasteiger partial charge < -0.3 is 10.1 Å². The number of fused-ring (bicyclic) bond motifs is 1. The normalized spacial score (nSPS) is 20.1. The van der Waals surface area contributed by atoms with Crippen molar-refractivity contribution in [2.24, 2.45) is 5.92 Å². The molecule has 0 saturated carbocycles. The fourth-order valence-electron chi connectivity index (χ4n) is 2.36. The third kappa shape index (κ3) is 2.50. The van der Waals surface area contributed by atoms with Crippen LogP contribution in [0.3, 0.4) is 0 Å². The summed E-state index contributed by atoms with van der Waals surface area (Å²) in [7, 11) is 0. The molecule has 0 radical (unpaired) electrons. The third-order valence-electron chi connectivity index (χ3n) is 3.48. The number of rotatable bonds is 3. The minimum atomic E-state index is -0.0852. The molecule has 0 bridgehead atoms. The molecule has 5 nitrogen and oxygen atoms in total. The van der Waals surface area contributed by atoms with Gasteiger partial charge in [-0.25, -0.2) is 4.52 Å². The number of hydrogen-bond donors (Lipinski definition) is 1. The highest BCUT2D eigenvalue weighted by Crippen LogP contribution is 2.32. The first-order chi connectivity index (χ1) is 9.54. The van der Waals surface area contributed by atoms with Crippen molar-refractivity contribution in [2.75, 3.05) is 6.54 Å². The van der Waals surface area contributed by atoms with Crippen molar-refractivity contribution in [3.05, 3.63) is 28.0 Å². The Balaban J connectivity index is 1.90. The van der Waals surface area contributed by atoms with Crippen molar-refractivity contribution in [2.45, 2.75) is 19.4 Å². The van der Waals surface area contributed by atoms with Crippen LogP contribution in [-0.2, 0) is 4.79 Å². The molecule has 1 N–H and O–H groups in total. The quantitative estimate of drug-likeness (QED) is 0.918. The molecular weight excluding hydrogens is 346 g/mol. The molecule has 1 fully saturated rings. The molecule has 1 amide bonds. The van der Waals surface area contributed by atoms with E-state index < -0.39 is 0 Å². The lowest BCUT2D eigenvalue weighted by molar-refractivity contribution is -0.119. The van der Waals surface area contributed by atoms with Crippen LogP contribution in [0.15, 0.2) is 22.9 Å². The number of carbonyl (C=O) groups excluding carboxylic acids is 1. The van der Waals surface area contributed by atoms with E-state index in [1.807, 2.05) is 19.2 Å². The number of amides is 1. The van der Waals surface area contributed by atoms with Gasteiger partial charge in [-0.2, -0.15) is 5.10 Å². The van der Waals surface area contributed by atoms with Gasteiger partial charge in [0.2, 0.25) is 5.91 Å². The second-order valence-electron chi connectivity index (χ2n) is 4.90. The molecule has 1 saturated heterocycles. The molecule has 2 atom stereocenters. The van der Waals surface area contributed by atoms with Crippen molar-refractivity contribution in [1.82, 2.24) is 14.9 Å². The van der Waals surface area contributed by atoms with Crippen LogP contribution in [0.25, 0.3) is 5.52 Å². The summed E-state index contributed by atoms with van der Waals surface area (Å²) in [4.78, 5) is 11.3. The predicted molar refractivity (Wildman–Crippen MR) is 79.1 cm³/mol. The number of nitrogens with one attached hydrogen (secondary N) is 1. The molecule has 20 heavy (non-hydrogen) atoms. The summed E-state index contributed by atoms with van der Waals surface area (Å²) in [5.41, 5.74) is 0.735. The Morgan fingerprint density at radius 3 is 3.15 bits per heavy atom. The zero-order valence-corrected chi connectivity index (χ0v) is 13.1. The Kier molecular flexibility index (Phi) is 3.60. The molecule has 1 unspecified atom stereocenters. The maximum Gasteiger partial charge on any atom is 0.220 e. The van der Waals surface area contributed by atoms with E-state index in [9.17, 15) is 4.79 Å². The molecule has 0 aliphatic carbocycles. The molecule has 7 heteroatoms. The molecule has 2 aromatic rings. The van der Waals surface area contributed by atoms with Gasteiger partial charge in [0.1, 0.15) is 17.4 Å². The largest absolute Gasteiger partial charge is 0.488 e. The van der Waals surface area contributed by atoms with E-state index in [0.717, 1.165) is 9.99 Å². The van der Waals surface area contributed by atoms with Crippen LogP contribution < -0.4 is 10.1 Å². The van der Waals surface area contributed by atoms with Gasteiger partial charge in [-0.3, -0.25) is 4.79 Å². The average molecular weight is 359 g/mol. The van der Waals surface area contributed by atoms with Crippen LogP contribution in [-0.4, -0.2) is 28.2 Å². The van der Waals surface area contributed by atoms with Gasteiger partial charge in [0.15, 0.2) is 0 Å². The molecule has 0 aromatic carbocycles. The maximum absolute atomic E-state index is 11.3. The van der Waals surface area contributed by atoms with Crippen molar-refractivity contribution in [3.8, 4) is 5.75 Å². The number of hydrogen-bond acceptors (Lipinski definition) is 3. The summed E-state index contributed by atoms with van der Waals surface area (Å²) in [5.74, 6) is 0.907. The highest BCUT2D eigenvalue weighted by molar-refractivity contribution is 9.10. The van der Waals surface area contributed by atoms with Crippen molar-refractivity contribution < 1.29 is 9.53 Å². The van der Waals surface area contributed by atoms with E-state index in [1.165, 1.54) is 0 Å². The molecular formula is C13H13BrClN3O2. The number of ether oxygens (including phenoxy) is 1.